The normalized spacial score (nSPS) is 14.1. The fourth-order valence-corrected chi connectivity index (χ4v) is 7.20. The van der Waals surface area contributed by atoms with Crippen LogP contribution in [0.25, 0.3) is 11.3 Å². The quantitative estimate of drug-likeness (QED) is 0.0644. The highest BCUT2D eigenvalue weighted by Crippen LogP contribution is 2.40. The molecule has 3 N–H and O–H groups in total. The molecule has 0 fully saturated rings. The molecule has 58 heavy (non-hydrogen) atoms. The number of halogens is 5. The number of nitrogens with one attached hydrogen (secondary N) is 1. The average Bonchev–Trinajstić information content (AvgIpc) is 3.71. The van der Waals surface area contributed by atoms with Crippen molar-refractivity contribution in [2.75, 3.05) is 37.7 Å². The molecule has 1 aliphatic rings. The van der Waals surface area contributed by atoms with Crippen molar-refractivity contribution in [1.29, 1.82) is 0 Å². The van der Waals surface area contributed by atoms with Gasteiger partial charge >= 0.3 is 12.1 Å². The number of nitrogens with two attached hydrogens (primary N) is 1. The first-order valence-corrected chi connectivity index (χ1v) is 19.8. The van der Waals surface area contributed by atoms with E-state index < -0.39 is 59.1 Å². The number of hydrogen-bond donors (Lipinski definition) is 2. The molecule has 0 radical (unpaired) electrons. The first-order valence-electron chi connectivity index (χ1n) is 18.6. The van der Waals surface area contributed by atoms with E-state index in [1.165, 1.54) is 11.8 Å². The Morgan fingerprint density at radius 2 is 1.67 bits per heavy atom. The van der Waals surface area contributed by atoms with E-state index in [1.807, 2.05) is 55.7 Å². The van der Waals surface area contributed by atoms with Crippen LogP contribution in [0.2, 0.25) is 0 Å². The SMILES string of the molecule is CC(C)(C)[C@H](c1nc(-c2cc(F)ccc2F)cn1Cc1ccccc1)N(CCCN)C(=O)CSCCCCC(OC(=O)C(F)(F)F)C(=O)NCCN1C(=O)C=CC1=O. The van der Waals surface area contributed by atoms with Crippen molar-refractivity contribution in [3.8, 4) is 11.3 Å². The predicted molar refractivity (Wildman–Crippen MR) is 207 cm³/mol. The minimum atomic E-state index is -5.34. The fourth-order valence-electron chi connectivity index (χ4n) is 6.30. The third-order valence-corrected chi connectivity index (χ3v) is 10.1. The van der Waals surface area contributed by atoms with E-state index >= 15 is 4.39 Å². The van der Waals surface area contributed by atoms with E-state index in [2.05, 4.69) is 10.1 Å². The number of ether oxygens (including phenoxy) is 1. The number of amides is 4. The second-order valence-corrected chi connectivity index (χ2v) is 15.7. The highest BCUT2D eigenvalue weighted by atomic mass is 32.2. The van der Waals surface area contributed by atoms with Crippen molar-refractivity contribution >= 4 is 41.4 Å². The number of carbonyl (C=O) groups is 5. The number of carbonyl (C=O) groups excluding carboxylic acids is 5. The Morgan fingerprint density at radius 3 is 2.31 bits per heavy atom. The summed E-state index contributed by atoms with van der Waals surface area (Å²) in [6.45, 7) is 6.19. The van der Waals surface area contributed by atoms with Gasteiger partial charge in [-0.1, -0.05) is 51.1 Å². The van der Waals surface area contributed by atoms with Gasteiger partial charge in [-0.3, -0.25) is 24.1 Å². The summed E-state index contributed by atoms with van der Waals surface area (Å²) in [5, 5.41) is 2.31. The van der Waals surface area contributed by atoms with E-state index in [0.29, 0.717) is 31.0 Å². The lowest BCUT2D eigenvalue weighted by atomic mass is 9.84. The maximum atomic E-state index is 15.0. The van der Waals surface area contributed by atoms with Gasteiger partial charge in [-0.15, -0.1) is 0 Å². The number of aromatic nitrogens is 2. The van der Waals surface area contributed by atoms with E-state index in [0.717, 1.165) is 40.8 Å². The number of thioether (sulfide) groups is 1. The van der Waals surface area contributed by atoms with E-state index in [4.69, 9.17) is 10.7 Å². The van der Waals surface area contributed by atoms with Gasteiger partial charge in [0, 0.05) is 50.1 Å². The first-order chi connectivity index (χ1) is 27.4. The highest BCUT2D eigenvalue weighted by Gasteiger charge is 2.43. The molecule has 4 rings (SSSR count). The van der Waals surface area contributed by atoms with Crippen LogP contribution in [-0.2, 0) is 35.3 Å². The molecule has 18 heteroatoms. The second kappa shape index (κ2) is 20.5. The summed E-state index contributed by atoms with van der Waals surface area (Å²) in [5.41, 5.74) is 6.35. The van der Waals surface area contributed by atoms with Gasteiger partial charge < -0.3 is 25.3 Å². The van der Waals surface area contributed by atoms with Crippen molar-refractivity contribution < 1.29 is 50.7 Å². The zero-order valence-corrected chi connectivity index (χ0v) is 33.2. The third kappa shape index (κ3) is 12.7. The summed E-state index contributed by atoms with van der Waals surface area (Å²) in [5.74, 6) is -5.51. The minimum Gasteiger partial charge on any atom is -0.446 e. The van der Waals surface area contributed by atoms with Crippen molar-refractivity contribution in [1.82, 2.24) is 24.7 Å². The molecule has 0 aliphatic carbocycles. The number of unbranched alkanes of at least 4 members (excludes halogenated alkanes) is 1. The van der Waals surface area contributed by atoms with E-state index in [1.54, 1.807) is 11.1 Å². The lowest BCUT2D eigenvalue weighted by molar-refractivity contribution is -0.205. The molecular weight excluding hydrogens is 788 g/mol. The first kappa shape index (κ1) is 45.6. The number of rotatable bonds is 20. The second-order valence-electron chi connectivity index (χ2n) is 14.6. The van der Waals surface area contributed by atoms with E-state index in [-0.39, 0.29) is 61.9 Å². The summed E-state index contributed by atoms with van der Waals surface area (Å²) in [4.78, 5) is 69.3. The van der Waals surface area contributed by atoms with Crippen molar-refractivity contribution in [3.63, 3.8) is 0 Å². The van der Waals surface area contributed by atoms with Gasteiger partial charge in [0.25, 0.3) is 17.7 Å². The molecule has 314 valence electrons. The molecule has 1 aliphatic heterocycles. The van der Waals surface area contributed by atoms with Crippen LogP contribution in [0, 0.1) is 17.0 Å². The number of alkyl halides is 3. The molecular formula is C40H47F5N6O6S. The number of benzene rings is 2. The van der Waals surface area contributed by atoms with Gasteiger partial charge in [-0.25, -0.2) is 18.6 Å². The Labute approximate surface area is 337 Å². The number of nitrogens with zero attached hydrogens (tertiary/aromatic N) is 4. The lowest BCUT2D eigenvalue weighted by Crippen LogP contribution is -2.44. The molecule has 2 heterocycles. The van der Waals surface area contributed by atoms with Crippen LogP contribution in [0.15, 0.2) is 66.9 Å². The Kier molecular flexibility index (Phi) is 16.2. The van der Waals surface area contributed by atoms with Crippen LogP contribution in [-0.4, -0.2) is 98.9 Å². The molecule has 3 aromatic rings. The van der Waals surface area contributed by atoms with Crippen LogP contribution in [0.3, 0.4) is 0 Å². The van der Waals surface area contributed by atoms with Gasteiger partial charge in [-0.05, 0) is 67.2 Å². The van der Waals surface area contributed by atoms with Crippen LogP contribution < -0.4 is 11.1 Å². The maximum Gasteiger partial charge on any atom is 0.490 e. The monoisotopic (exact) mass is 834 g/mol. The number of hydrogen-bond acceptors (Lipinski definition) is 9. The Hall–Kier alpha value is -5.10. The van der Waals surface area contributed by atoms with Gasteiger partial charge in [0.2, 0.25) is 5.91 Å². The number of esters is 1. The fraction of sp³-hybridized carbons (Fsp3) is 0.450. The lowest BCUT2D eigenvalue weighted by Gasteiger charge is -2.40. The van der Waals surface area contributed by atoms with Crippen LogP contribution in [0.4, 0.5) is 22.0 Å². The molecule has 2 atom stereocenters. The molecule has 0 saturated carbocycles. The molecule has 2 aromatic carbocycles. The summed E-state index contributed by atoms with van der Waals surface area (Å²) in [6, 6.07) is 11.9. The smallest absolute Gasteiger partial charge is 0.446 e. The maximum absolute atomic E-state index is 15.0. The van der Waals surface area contributed by atoms with Gasteiger partial charge in [0.05, 0.1) is 17.5 Å². The van der Waals surface area contributed by atoms with E-state index in [9.17, 15) is 41.5 Å². The molecule has 1 aromatic heterocycles. The average molecular weight is 835 g/mol. The molecule has 12 nitrogen and oxygen atoms in total. The Balaban J connectivity index is 1.46. The Morgan fingerprint density at radius 1 is 0.983 bits per heavy atom. The molecule has 0 spiro atoms. The van der Waals surface area contributed by atoms with Gasteiger partial charge in [0.15, 0.2) is 6.10 Å². The minimum absolute atomic E-state index is 0.00228. The highest BCUT2D eigenvalue weighted by molar-refractivity contribution is 7.99. The van der Waals surface area contributed by atoms with Crippen molar-refractivity contribution in [2.24, 2.45) is 11.1 Å². The largest absolute Gasteiger partial charge is 0.490 e. The van der Waals surface area contributed by atoms with Crippen LogP contribution in [0.5, 0.6) is 0 Å². The molecule has 4 amide bonds. The number of imidazole rings is 1. The standard InChI is InChI=1S/C40H47F5N6O6S/c1-39(2,3)35(36-48-30(28-22-27(41)13-14-29(28)42)24-49(36)23-26-10-5-4-6-11-26)51(19-9-17-46)34(54)25-58-21-8-7-12-31(57-38(56)40(43,44)45)37(55)47-18-20-50-32(52)15-16-33(50)53/h4-6,10-11,13-16,22,24,31,35H,7-9,12,17-21,23,25,46H2,1-3H3,(H,47,55)/t31?,35-/m0/s1. The van der Waals surface area contributed by atoms with Crippen LogP contribution in [0.1, 0.15) is 63.9 Å². The summed E-state index contributed by atoms with van der Waals surface area (Å²) in [7, 11) is 0. The van der Waals surface area contributed by atoms with Crippen molar-refractivity contribution in [2.45, 2.75) is 71.3 Å². The topological polar surface area (TPSA) is 157 Å². The van der Waals surface area contributed by atoms with Gasteiger partial charge in [-0.2, -0.15) is 24.9 Å². The Bertz CT molecular complexity index is 1930. The zero-order chi connectivity index (χ0) is 42.6. The third-order valence-electron chi connectivity index (χ3n) is 9.05. The summed E-state index contributed by atoms with van der Waals surface area (Å²) >= 11 is 1.26. The zero-order valence-electron chi connectivity index (χ0n) is 32.4. The van der Waals surface area contributed by atoms with Crippen LogP contribution >= 0.6 is 11.8 Å². The van der Waals surface area contributed by atoms with Gasteiger partial charge in [0.1, 0.15) is 17.5 Å². The summed E-state index contributed by atoms with van der Waals surface area (Å²) in [6.07, 6.45) is -2.74. The predicted octanol–water partition coefficient (Wildman–Crippen LogP) is 5.56. The molecule has 0 bridgehead atoms. The summed E-state index contributed by atoms with van der Waals surface area (Å²) < 4.78 is 74.7. The number of imide groups is 1. The molecule has 0 saturated heterocycles. The van der Waals surface area contributed by atoms with Crippen molar-refractivity contribution in [3.05, 3.63) is 89.9 Å². The molecule has 1 unspecified atom stereocenters.